The number of nitrogens with one attached hydrogen (secondary N) is 1. The van der Waals surface area contributed by atoms with Gasteiger partial charge in [-0.2, -0.15) is 0 Å². The smallest absolute Gasteiger partial charge is 0.356 e. The first-order valence-electron chi connectivity index (χ1n) is 5.35. The Balaban J connectivity index is 2.26. The van der Waals surface area contributed by atoms with Gasteiger partial charge in [-0.15, -0.1) is 0 Å². The molecular weight excluding hydrogens is 224 g/mol. The lowest BCUT2D eigenvalue weighted by atomic mass is 10.3. The molecule has 7 heteroatoms. The molecule has 0 unspecified atom stereocenters. The van der Waals surface area contributed by atoms with Crippen molar-refractivity contribution in [2.75, 3.05) is 13.1 Å². The van der Waals surface area contributed by atoms with Crippen LogP contribution in [0.25, 0.3) is 0 Å². The zero-order chi connectivity index (χ0) is 12.7. The van der Waals surface area contributed by atoms with Crippen LogP contribution in [0.2, 0.25) is 0 Å². The van der Waals surface area contributed by atoms with Gasteiger partial charge in [0.1, 0.15) is 0 Å². The minimum Gasteiger partial charge on any atom is -0.476 e. The number of nitrogens with zero attached hydrogens (tertiary/aromatic N) is 2. The van der Waals surface area contributed by atoms with Crippen molar-refractivity contribution in [3.63, 3.8) is 0 Å². The molecule has 0 aliphatic heterocycles. The molecule has 0 aromatic carbocycles. The standard InChI is InChI=1S/C10H16N4O3/c11-3-1-2-9(15)12-4-5-14-6-8(10(16)17)13-7-14/h6-7H,1-5,11H2,(H,12,15)(H,16,17). The second-order valence-electron chi connectivity index (χ2n) is 3.54. The average Bonchev–Trinajstić information content (AvgIpc) is 2.75. The molecule has 0 aliphatic rings. The lowest BCUT2D eigenvalue weighted by Crippen LogP contribution is -2.27. The molecule has 94 valence electrons. The summed E-state index contributed by atoms with van der Waals surface area (Å²) in [5.74, 6) is -1.11. The third-order valence-electron chi connectivity index (χ3n) is 2.15. The van der Waals surface area contributed by atoms with Crippen LogP contribution in [0.1, 0.15) is 23.3 Å². The van der Waals surface area contributed by atoms with Crippen molar-refractivity contribution in [3.8, 4) is 0 Å². The summed E-state index contributed by atoms with van der Waals surface area (Å²) in [5, 5.41) is 11.4. The Kier molecular flexibility index (Phi) is 5.15. The lowest BCUT2D eigenvalue weighted by molar-refractivity contribution is -0.121. The van der Waals surface area contributed by atoms with Crippen molar-refractivity contribution in [2.24, 2.45) is 5.73 Å². The molecule has 0 radical (unpaired) electrons. The third-order valence-corrected chi connectivity index (χ3v) is 2.15. The number of aromatic nitrogens is 2. The van der Waals surface area contributed by atoms with Crippen LogP contribution in [0.5, 0.6) is 0 Å². The topological polar surface area (TPSA) is 110 Å². The second-order valence-corrected chi connectivity index (χ2v) is 3.54. The number of carbonyl (C=O) groups excluding carboxylic acids is 1. The minimum atomic E-state index is -1.06. The normalized spacial score (nSPS) is 10.2. The van der Waals surface area contributed by atoms with Crippen LogP contribution in [0.4, 0.5) is 0 Å². The monoisotopic (exact) mass is 240 g/mol. The first kappa shape index (κ1) is 13.2. The quantitative estimate of drug-likeness (QED) is 0.591. The van der Waals surface area contributed by atoms with Gasteiger partial charge in [0.05, 0.1) is 6.33 Å². The van der Waals surface area contributed by atoms with E-state index in [0.717, 1.165) is 0 Å². The minimum absolute atomic E-state index is 0.000502. The van der Waals surface area contributed by atoms with E-state index in [1.165, 1.54) is 12.5 Å². The van der Waals surface area contributed by atoms with Gasteiger partial charge in [0, 0.05) is 25.7 Å². The molecular formula is C10H16N4O3. The molecule has 0 fully saturated rings. The zero-order valence-corrected chi connectivity index (χ0v) is 9.43. The van der Waals surface area contributed by atoms with Gasteiger partial charge in [-0.25, -0.2) is 9.78 Å². The maximum atomic E-state index is 11.2. The van der Waals surface area contributed by atoms with Crippen molar-refractivity contribution < 1.29 is 14.7 Å². The van der Waals surface area contributed by atoms with Gasteiger partial charge in [0.25, 0.3) is 0 Å². The fourth-order valence-electron chi connectivity index (χ4n) is 1.27. The lowest BCUT2D eigenvalue weighted by Gasteiger charge is -2.04. The summed E-state index contributed by atoms with van der Waals surface area (Å²) in [6.07, 6.45) is 3.94. The molecule has 17 heavy (non-hydrogen) atoms. The molecule has 7 nitrogen and oxygen atoms in total. The number of hydrogen-bond donors (Lipinski definition) is 3. The maximum absolute atomic E-state index is 11.2. The number of carboxylic acids is 1. The van der Waals surface area contributed by atoms with Crippen LogP contribution >= 0.6 is 0 Å². The van der Waals surface area contributed by atoms with Gasteiger partial charge >= 0.3 is 5.97 Å². The van der Waals surface area contributed by atoms with E-state index in [0.29, 0.717) is 32.5 Å². The molecule has 4 N–H and O–H groups in total. The van der Waals surface area contributed by atoms with Crippen LogP contribution in [0.15, 0.2) is 12.5 Å². The molecule has 0 atom stereocenters. The van der Waals surface area contributed by atoms with Crippen LogP contribution < -0.4 is 11.1 Å². The summed E-state index contributed by atoms with van der Waals surface area (Å²) in [4.78, 5) is 25.5. The molecule has 1 rings (SSSR count). The van der Waals surface area contributed by atoms with Gasteiger partial charge in [0.2, 0.25) is 5.91 Å². The fraction of sp³-hybridized carbons (Fsp3) is 0.500. The fourth-order valence-corrected chi connectivity index (χ4v) is 1.27. The first-order valence-corrected chi connectivity index (χ1v) is 5.35. The molecule has 0 aliphatic carbocycles. The summed E-state index contributed by atoms with van der Waals surface area (Å²) in [7, 11) is 0. The highest BCUT2D eigenvalue weighted by atomic mass is 16.4. The number of nitrogens with two attached hydrogens (primary N) is 1. The highest BCUT2D eigenvalue weighted by Crippen LogP contribution is 1.95. The third kappa shape index (κ3) is 4.64. The Hall–Kier alpha value is -1.89. The van der Waals surface area contributed by atoms with Crippen LogP contribution in [0.3, 0.4) is 0 Å². The Morgan fingerprint density at radius 1 is 1.53 bits per heavy atom. The van der Waals surface area contributed by atoms with Crippen molar-refractivity contribution in [2.45, 2.75) is 19.4 Å². The molecule has 0 saturated carbocycles. The van der Waals surface area contributed by atoms with E-state index >= 15 is 0 Å². The summed E-state index contributed by atoms with van der Waals surface area (Å²) in [5.41, 5.74) is 5.28. The number of imidazole rings is 1. The van der Waals surface area contributed by atoms with Crippen LogP contribution in [-0.4, -0.2) is 39.6 Å². The van der Waals surface area contributed by atoms with Crippen LogP contribution in [-0.2, 0) is 11.3 Å². The number of rotatable bonds is 7. The molecule has 0 saturated heterocycles. The van der Waals surface area contributed by atoms with Crippen molar-refractivity contribution in [3.05, 3.63) is 18.2 Å². The van der Waals surface area contributed by atoms with Crippen LogP contribution in [0, 0.1) is 0 Å². The number of carbonyl (C=O) groups is 2. The first-order chi connectivity index (χ1) is 8.13. The van der Waals surface area contributed by atoms with Gasteiger partial charge in [-0.3, -0.25) is 4.79 Å². The van der Waals surface area contributed by atoms with E-state index < -0.39 is 5.97 Å². The number of amides is 1. The SMILES string of the molecule is NCCCC(=O)NCCn1cnc(C(=O)O)c1. The van der Waals surface area contributed by atoms with Crippen molar-refractivity contribution in [1.82, 2.24) is 14.9 Å². The van der Waals surface area contributed by atoms with Gasteiger partial charge in [-0.05, 0) is 13.0 Å². The zero-order valence-electron chi connectivity index (χ0n) is 9.43. The summed E-state index contributed by atoms with van der Waals surface area (Å²) >= 11 is 0. The highest BCUT2D eigenvalue weighted by Gasteiger charge is 2.06. The number of aromatic carboxylic acids is 1. The predicted octanol–water partition coefficient (Wildman–Crippen LogP) is -0.564. The van der Waals surface area contributed by atoms with E-state index in [4.69, 9.17) is 10.8 Å². The molecule has 1 aromatic rings. The Bertz CT molecular complexity index is 389. The summed E-state index contributed by atoms with van der Waals surface area (Å²) < 4.78 is 1.62. The highest BCUT2D eigenvalue weighted by molar-refractivity contribution is 5.84. The van der Waals surface area contributed by atoms with Gasteiger partial charge in [0.15, 0.2) is 5.69 Å². The number of hydrogen-bond acceptors (Lipinski definition) is 4. The Labute approximate surface area is 98.6 Å². The largest absolute Gasteiger partial charge is 0.476 e. The molecule has 0 spiro atoms. The van der Waals surface area contributed by atoms with Gasteiger partial charge < -0.3 is 20.7 Å². The molecule has 1 heterocycles. The molecule has 1 amide bonds. The van der Waals surface area contributed by atoms with E-state index in [1.54, 1.807) is 4.57 Å². The number of carboxylic acid groups (broad SMARTS) is 1. The van der Waals surface area contributed by atoms with E-state index in [2.05, 4.69) is 10.3 Å². The average molecular weight is 240 g/mol. The predicted molar refractivity (Wildman–Crippen MR) is 60.5 cm³/mol. The van der Waals surface area contributed by atoms with E-state index in [1.807, 2.05) is 0 Å². The Morgan fingerprint density at radius 2 is 2.29 bits per heavy atom. The second kappa shape index (κ2) is 6.64. The Morgan fingerprint density at radius 3 is 2.88 bits per heavy atom. The van der Waals surface area contributed by atoms with E-state index in [-0.39, 0.29) is 11.6 Å². The summed E-state index contributed by atoms with van der Waals surface area (Å²) in [6.45, 7) is 1.43. The summed E-state index contributed by atoms with van der Waals surface area (Å²) in [6, 6.07) is 0. The maximum Gasteiger partial charge on any atom is 0.356 e. The van der Waals surface area contributed by atoms with Crippen molar-refractivity contribution >= 4 is 11.9 Å². The van der Waals surface area contributed by atoms with E-state index in [9.17, 15) is 9.59 Å². The van der Waals surface area contributed by atoms with Gasteiger partial charge in [-0.1, -0.05) is 0 Å². The van der Waals surface area contributed by atoms with Crippen molar-refractivity contribution in [1.29, 1.82) is 0 Å². The molecule has 0 bridgehead atoms. The molecule has 1 aromatic heterocycles.